The van der Waals surface area contributed by atoms with E-state index in [1.165, 1.54) is 17.0 Å². The van der Waals surface area contributed by atoms with Gasteiger partial charge in [0.2, 0.25) is 0 Å². The molecule has 0 fully saturated rings. The van der Waals surface area contributed by atoms with Crippen LogP contribution in [0.4, 0.5) is 0 Å². The smallest absolute Gasteiger partial charge is 0.0955 e. The largest absolute Gasteiger partial charge is 0.330 e. The van der Waals surface area contributed by atoms with Gasteiger partial charge in [0, 0.05) is 29.7 Å². The summed E-state index contributed by atoms with van der Waals surface area (Å²) >= 11 is 3.61. The average molecular weight is 320 g/mol. The van der Waals surface area contributed by atoms with Crippen LogP contribution in [0.3, 0.4) is 0 Å². The van der Waals surface area contributed by atoms with Gasteiger partial charge in [0.05, 0.1) is 17.6 Å². The van der Waals surface area contributed by atoms with Crippen LogP contribution >= 0.6 is 15.9 Å². The first-order chi connectivity index (χ1) is 9.08. The first-order valence-corrected chi connectivity index (χ1v) is 7.40. The Kier molecular flexibility index (Phi) is 3.23. The zero-order chi connectivity index (χ0) is 13.5. The zero-order valence-electron chi connectivity index (χ0n) is 11.3. The topological polar surface area (TPSA) is 29.9 Å². The minimum absolute atomic E-state index is 0.0211. The quantitative estimate of drug-likeness (QED) is 0.922. The molecule has 1 aromatic carbocycles. The van der Waals surface area contributed by atoms with Crippen LogP contribution in [0, 0.1) is 0 Å². The zero-order valence-corrected chi connectivity index (χ0v) is 12.9. The Bertz CT molecular complexity index is 601. The van der Waals surface area contributed by atoms with E-state index in [-0.39, 0.29) is 5.54 Å². The number of imidazole rings is 1. The molecule has 0 saturated carbocycles. The fourth-order valence-electron chi connectivity index (χ4n) is 2.72. The van der Waals surface area contributed by atoms with E-state index in [1.54, 1.807) is 0 Å². The minimum Gasteiger partial charge on any atom is -0.330 e. The Labute approximate surface area is 122 Å². The molecular formula is C15H18BrN3. The number of nitrogens with one attached hydrogen (secondary N) is 1. The van der Waals surface area contributed by atoms with Crippen LogP contribution in [-0.4, -0.2) is 16.1 Å². The molecule has 100 valence electrons. The van der Waals surface area contributed by atoms with Crippen molar-refractivity contribution < 1.29 is 0 Å². The lowest BCUT2D eigenvalue weighted by Crippen LogP contribution is -2.43. The maximum atomic E-state index is 4.62. The molecule has 1 N–H and O–H groups in total. The molecule has 0 bridgehead atoms. The number of hydrogen-bond donors (Lipinski definition) is 1. The maximum Gasteiger partial charge on any atom is 0.0955 e. The second kappa shape index (κ2) is 4.76. The van der Waals surface area contributed by atoms with Crippen molar-refractivity contribution in [1.82, 2.24) is 14.9 Å². The Morgan fingerprint density at radius 2 is 2.16 bits per heavy atom. The van der Waals surface area contributed by atoms with Gasteiger partial charge in [-0.1, -0.05) is 34.1 Å². The summed E-state index contributed by atoms with van der Waals surface area (Å²) in [5, 5.41) is 3.52. The Morgan fingerprint density at radius 3 is 2.95 bits per heavy atom. The molecule has 0 unspecified atom stereocenters. The second-order valence-corrected chi connectivity index (χ2v) is 6.42. The molecule has 1 aliphatic heterocycles. The number of aromatic nitrogens is 2. The van der Waals surface area contributed by atoms with Crippen molar-refractivity contribution in [2.24, 2.45) is 0 Å². The number of rotatable bonds is 2. The van der Waals surface area contributed by atoms with E-state index in [4.69, 9.17) is 0 Å². The van der Waals surface area contributed by atoms with Crippen LogP contribution in [0.1, 0.15) is 30.8 Å². The summed E-state index contributed by atoms with van der Waals surface area (Å²) in [6.45, 7) is 6.28. The van der Waals surface area contributed by atoms with Gasteiger partial charge in [-0.3, -0.25) is 0 Å². The summed E-state index contributed by atoms with van der Waals surface area (Å²) in [4.78, 5) is 4.62. The van der Waals surface area contributed by atoms with Gasteiger partial charge in [-0.2, -0.15) is 0 Å². The number of halogens is 1. The highest BCUT2D eigenvalue weighted by Gasteiger charge is 2.30. The van der Waals surface area contributed by atoms with Gasteiger partial charge in [-0.25, -0.2) is 4.98 Å². The number of hydrogen-bond acceptors (Lipinski definition) is 2. The lowest BCUT2D eigenvalue weighted by Gasteiger charge is -2.31. The molecule has 4 heteroatoms. The van der Waals surface area contributed by atoms with Crippen molar-refractivity contribution in [3.05, 3.63) is 52.0 Å². The van der Waals surface area contributed by atoms with E-state index in [0.29, 0.717) is 0 Å². The number of benzene rings is 1. The van der Waals surface area contributed by atoms with E-state index >= 15 is 0 Å². The monoisotopic (exact) mass is 319 g/mol. The van der Waals surface area contributed by atoms with Gasteiger partial charge < -0.3 is 9.88 Å². The molecule has 2 heterocycles. The summed E-state index contributed by atoms with van der Waals surface area (Å²) < 4.78 is 3.43. The van der Waals surface area contributed by atoms with E-state index in [0.717, 1.165) is 24.0 Å². The Balaban J connectivity index is 1.96. The van der Waals surface area contributed by atoms with E-state index < -0.39 is 0 Å². The second-order valence-electron chi connectivity index (χ2n) is 5.56. The lowest BCUT2D eigenvalue weighted by atomic mass is 9.93. The standard InChI is InChI=1S/C15H18BrN3/c1-15(2)14-13(7-8-18-15)19(10-17-14)9-11-5-3-4-6-12(11)16/h3-6,10,18H,7-9H2,1-2H3. The van der Waals surface area contributed by atoms with Crippen molar-refractivity contribution in [3.8, 4) is 0 Å². The van der Waals surface area contributed by atoms with Crippen LogP contribution in [0.2, 0.25) is 0 Å². The molecule has 0 radical (unpaired) electrons. The van der Waals surface area contributed by atoms with Gasteiger partial charge in [0.15, 0.2) is 0 Å². The van der Waals surface area contributed by atoms with E-state index in [1.807, 2.05) is 12.4 Å². The average Bonchev–Trinajstić information content (AvgIpc) is 2.77. The highest BCUT2D eigenvalue weighted by Crippen LogP contribution is 2.27. The fraction of sp³-hybridized carbons (Fsp3) is 0.400. The molecule has 0 spiro atoms. The first kappa shape index (κ1) is 12.9. The highest BCUT2D eigenvalue weighted by molar-refractivity contribution is 9.10. The number of fused-ring (bicyclic) bond motifs is 1. The number of nitrogens with zero attached hydrogens (tertiary/aromatic N) is 2. The minimum atomic E-state index is -0.0211. The van der Waals surface area contributed by atoms with Crippen molar-refractivity contribution >= 4 is 15.9 Å². The maximum absolute atomic E-state index is 4.62. The third kappa shape index (κ3) is 2.35. The molecule has 0 saturated heterocycles. The molecule has 19 heavy (non-hydrogen) atoms. The molecule has 3 nitrogen and oxygen atoms in total. The molecule has 1 aromatic heterocycles. The van der Waals surface area contributed by atoms with Crippen molar-refractivity contribution in [3.63, 3.8) is 0 Å². The summed E-state index contributed by atoms with van der Waals surface area (Å²) in [6.07, 6.45) is 3.02. The Morgan fingerprint density at radius 1 is 1.37 bits per heavy atom. The first-order valence-electron chi connectivity index (χ1n) is 6.61. The highest BCUT2D eigenvalue weighted by atomic mass is 79.9. The molecule has 2 aromatic rings. The summed E-state index contributed by atoms with van der Waals surface area (Å²) in [6, 6.07) is 8.37. The van der Waals surface area contributed by atoms with Crippen LogP contribution in [0.25, 0.3) is 0 Å². The molecular weight excluding hydrogens is 302 g/mol. The van der Waals surface area contributed by atoms with Gasteiger partial charge in [-0.05, 0) is 25.5 Å². The van der Waals surface area contributed by atoms with E-state index in [2.05, 4.69) is 62.8 Å². The molecule has 0 atom stereocenters. The van der Waals surface area contributed by atoms with Crippen LogP contribution in [-0.2, 0) is 18.5 Å². The fourth-order valence-corrected chi connectivity index (χ4v) is 3.13. The van der Waals surface area contributed by atoms with E-state index in [9.17, 15) is 0 Å². The normalized spacial score (nSPS) is 17.2. The van der Waals surface area contributed by atoms with Gasteiger partial charge >= 0.3 is 0 Å². The predicted molar refractivity (Wildman–Crippen MR) is 80.2 cm³/mol. The summed E-state index contributed by atoms with van der Waals surface area (Å²) in [7, 11) is 0. The van der Waals surface area contributed by atoms with Crippen LogP contribution in [0.5, 0.6) is 0 Å². The third-order valence-corrected chi connectivity index (χ3v) is 4.54. The third-order valence-electron chi connectivity index (χ3n) is 3.77. The van der Waals surface area contributed by atoms with Gasteiger partial charge in [0.25, 0.3) is 0 Å². The summed E-state index contributed by atoms with van der Waals surface area (Å²) in [5.74, 6) is 0. The molecule has 3 rings (SSSR count). The molecule has 0 aliphatic carbocycles. The summed E-state index contributed by atoms with van der Waals surface area (Å²) in [5.41, 5.74) is 3.82. The Hall–Kier alpha value is -1.13. The van der Waals surface area contributed by atoms with Crippen molar-refractivity contribution in [2.75, 3.05) is 6.54 Å². The van der Waals surface area contributed by atoms with Gasteiger partial charge in [0.1, 0.15) is 0 Å². The van der Waals surface area contributed by atoms with Crippen LogP contribution < -0.4 is 5.32 Å². The van der Waals surface area contributed by atoms with Crippen LogP contribution in [0.15, 0.2) is 35.1 Å². The van der Waals surface area contributed by atoms with Crippen molar-refractivity contribution in [2.45, 2.75) is 32.4 Å². The van der Waals surface area contributed by atoms with Gasteiger partial charge in [-0.15, -0.1) is 0 Å². The molecule has 1 aliphatic rings. The lowest BCUT2D eigenvalue weighted by molar-refractivity contribution is 0.368. The molecule has 0 amide bonds. The SMILES string of the molecule is CC1(C)NCCc2c1ncn2Cc1ccccc1Br. The predicted octanol–water partition coefficient (Wildman–Crippen LogP) is 3.07. The van der Waals surface area contributed by atoms with Crippen molar-refractivity contribution in [1.29, 1.82) is 0 Å².